The molecule has 1 aromatic carbocycles. The van der Waals surface area contributed by atoms with Crippen molar-refractivity contribution in [3.8, 4) is 11.5 Å². The summed E-state index contributed by atoms with van der Waals surface area (Å²) in [5, 5.41) is 0. The maximum absolute atomic E-state index is 12.7. The Balaban J connectivity index is 2.17. The van der Waals surface area contributed by atoms with Crippen LogP contribution in [0.15, 0.2) is 30.4 Å². The first-order chi connectivity index (χ1) is 14.0. The Kier molecular flexibility index (Phi) is 6.35. The molecule has 1 saturated heterocycles. The van der Waals surface area contributed by atoms with Crippen molar-refractivity contribution in [3.05, 3.63) is 35.9 Å². The molecular weight excluding hydrogens is 374 g/mol. The first-order valence-corrected chi connectivity index (χ1v) is 9.92. The number of carbonyl (C=O) groups is 2. The number of esters is 1. The van der Waals surface area contributed by atoms with Crippen LogP contribution in [0.4, 0.5) is 4.79 Å². The minimum atomic E-state index is -0.711. The molecule has 1 fully saturated rings. The average molecular weight is 403 g/mol. The maximum Gasteiger partial charge on any atom is 0.409 e. The lowest BCUT2D eigenvalue weighted by Gasteiger charge is -2.45. The Morgan fingerprint density at radius 3 is 2.72 bits per heavy atom. The first-order valence-electron chi connectivity index (χ1n) is 9.92. The van der Waals surface area contributed by atoms with Crippen molar-refractivity contribution >= 4 is 12.1 Å². The number of hydrogen-bond donors (Lipinski definition) is 0. The molecule has 3 rings (SSSR count). The summed E-state index contributed by atoms with van der Waals surface area (Å²) in [5.41, 5.74) is 0.137. The average Bonchev–Trinajstić information content (AvgIpc) is 3.06. The van der Waals surface area contributed by atoms with Crippen molar-refractivity contribution in [3.63, 3.8) is 0 Å². The van der Waals surface area contributed by atoms with Crippen molar-refractivity contribution in [2.45, 2.75) is 37.6 Å². The van der Waals surface area contributed by atoms with E-state index in [4.69, 9.17) is 18.9 Å². The zero-order valence-electron chi connectivity index (χ0n) is 17.5. The Morgan fingerprint density at radius 2 is 2.10 bits per heavy atom. The molecule has 158 valence electrons. The van der Waals surface area contributed by atoms with E-state index >= 15 is 0 Å². The summed E-state index contributed by atoms with van der Waals surface area (Å²) in [4.78, 5) is 26.4. The standard InChI is InChI=1S/C22H29NO6/c1-5-28-19(24)13-22(16-10-8-11-18(26-3)20(16)27-4)12-7-6-9-15(22)17-14-29-21(25)23(17)2/h7-8,10-12,15,17H,5-6,9,13-14H2,1-4H3/t15-,17-,22+/m0/s1. The van der Waals surface area contributed by atoms with E-state index in [-0.39, 0.29) is 30.4 Å². The van der Waals surface area contributed by atoms with Gasteiger partial charge in [-0.1, -0.05) is 24.3 Å². The number of likely N-dealkylation sites (N-methyl/N-ethyl adjacent to an activating group) is 1. The van der Waals surface area contributed by atoms with Crippen molar-refractivity contribution in [2.24, 2.45) is 5.92 Å². The van der Waals surface area contributed by atoms with Crippen LogP contribution in [0.3, 0.4) is 0 Å². The smallest absolute Gasteiger partial charge is 0.409 e. The lowest BCUT2D eigenvalue weighted by atomic mass is 9.61. The molecule has 29 heavy (non-hydrogen) atoms. The number of carbonyl (C=O) groups excluding carboxylic acids is 2. The molecule has 1 aliphatic carbocycles. The van der Waals surface area contributed by atoms with E-state index in [9.17, 15) is 9.59 Å². The minimum absolute atomic E-state index is 0.0469. The van der Waals surface area contributed by atoms with E-state index in [2.05, 4.69) is 12.2 Å². The molecule has 1 amide bonds. The van der Waals surface area contributed by atoms with Gasteiger partial charge >= 0.3 is 12.1 Å². The molecule has 7 heteroatoms. The van der Waals surface area contributed by atoms with Gasteiger partial charge in [-0.05, 0) is 31.7 Å². The summed E-state index contributed by atoms with van der Waals surface area (Å²) in [6.45, 7) is 2.40. The van der Waals surface area contributed by atoms with Crippen LogP contribution in [-0.4, -0.2) is 57.5 Å². The summed E-state index contributed by atoms with van der Waals surface area (Å²) in [5.74, 6) is 0.845. The third kappa shape index (κ3) is 3.78. The predicted octanol–water partition coefficient (Wildman–Crippen LogP) is 3.31. The van der Waals surface area contributed by atoms with Gasteiger partial charge in [-0.25, -0.2) is 4.79 Å². The Morgan fingerprint density at radius 1 is 1.31 bits per heavy atom. The van der Waals surface area contributed by atoms with Crippen LogP contribution >= 0.6 is 0 Å². The Hall–Kier alpha value is -2.70. The Labute approximate surface area is 171 Å². The van der Waals surface area contributed by atoms with Crippen LogP contribution in [0.5, 0.6) is 11.5 Å². The quantitative estimate of drug-likeness (QED) is 0.514. The van der Waals surface area contributed by atoms with Gasteiger partial charge in [-0.15, -0.1) is 0 Å². The second-order valence-corrected chi connectivity index (χ2v) is 7.40. The summed E-state index contributed by atoms with van der Waals surface area (Å²) in [6, 6.07) is 5.53. The predicted molar refractivity (Wildman–Crippen MR) is 107 cm³/mol. The topological polar surface area (TPSA) is 74.3 Å². The molecule has 0 N–H and O–H groups in total. The van der Waals surface area contributed by atoms with E-state index in [1.165, 1.54) is 0 Å². The first kappa shape index (κ1) is 21.0. The van der Waals surface area contributed by atoms with E-state index < -0.39 is 5.41 Å². The fraction of sp³-hybridized carbons (Fsp3) is 0.545. The highest BCUT2D eigenvalue weighted by molar-refractivity contribution is 5.74. The van der Waals surface area contributed by atoms with Gasteiger partial charge < -0.3 is 23.8 Å². The van der Waals surface area contributed by atoms with Crippen molar-refractivity contribution < 1.29 is 28.5 Å². The normalized spacial score (nSPS) is 26.2. The van der Waals surface area contributed by atoms with Gasteiger partial charge in [0, 0.05) is 18.0 Å². The molecule has 0 radical (unpaired) electrons. The third-order valence-corrected chi connectivity index (χ3v) is 6.00. The molecule has 1 aliphatic heterocycles. The third-order valence-electron chi connectivity index (χ3n) is 6.00. The van der Waals surface area contributed by atoms with E-state index in [0.717, 1.165) is 18.4 Å². The van der Waals surface area contributed by atoms with E-state index in [0.29, 0.717) is 24.7 Å². The summed E-state index contributed by atoms with van der Waals surface area (Å²) >= 11 is 0. The zero-order valence-corrected chi connectivity index (χ0v) is 17.5. The van der Waals surface area contributed by atoms with Crippen LogP contribution in [0.1, 0.15) is 31.7 Å². The summed E-state index contributed by atoms with van der Waals surface area (Å²) in [7, 11) is 4.93. The van der Waals surface area contributed by atoms with E-state index in [1.807, 2.05) is 18.2 Å². The molecule has 1 aromatic rings. The molecule has 1 heterocycles. The fourth-order valence-electron chi connectivity index (χ4n) is 4.66. The van der Waals surface area contributed by atoms with E-state index in [1.54, 1.807) is 33.1 Å². The number of ether oxygens (including phenoxy) is 4. The molecule has 3 atom stereocenters. The summed E-state index contributed by atoms with van der Waals surface area (Å²) < 4.78 is 21.9. The molecule has 7 nitrogen and oxygen atoms in total. The highest BCUT2D eigenvalue weighted by Crippen LogP contribution is 2.51. The van der Waals surface area contributed by atoms with Crippen molar-refractivity contribution in [2.75, 3.05) is 34.5 Å². The van der Waals surface area contributed by atoms with Gasteiger partial charge in [0.15, 0.2) is 11.5 Å². The van der Waals surface area contributed by atoms with Crippen LogP contribution in [0.25, 0.3) is 0 Å². The highest BCUT2D eigenvalue weighted by atomic mass is 16.6. The second-order valence-electron chi connectivity index (χ2n) is 7.40. The molecule has 0 spiro atoms. The highest BCUT2D eigenvalue weighted by Gasteiger charge is 2.51. The van der Waals surface area contributed by atoms with Gasteiger partial charge in [-0.2, -0.15) is 0 Å². The number of para-hydroxylation sites is 1. The minimum Gasteiger partial charge on any atom is -0.493 e. The monoisotopic (exact) mass is 403 g/mol. The molecule has 0 bridgehead atoms. The lowest BCUT2D eigenvalue weighted by Crippen LogP contribution is -2.49. The largest absolute Gasteiger partial charge is 0.493 e. The van der Waals surface area contributed by atoms with Gasteiger partial charge in [-0.3, -0.25) is 4.79 Å². The Bertz CT molecular complexity index is 792. The van der Waals surface area contributed by atoms with Crippen LogP contribution < -0.4 is 9.47 Å². The summed E-state index contributed by atoms with van der Waals surface area (Å²) in [6.07, 6.45) is 5.64. The number of cyclic esters (lactones) is 1. The van der Waals surface area contributed by atoms with Gasteiger partial charge in [0.05, 0.1) is 33.3 Å². The van der Waals surface area contributed by atoms with Crippen LogP contribution in [0, 0.1) is 5.92 Å². The van der Waals surface area contributed by atoms with Crippen LogP contribution in [0.2, 0.25) is 0 Å². The molecule has 0 aromatic heterocycles. The van der Waals surface area contributed by atoms with Crippen molar-refractivity contribution in [1.82, 2.24) is 4.90 Å². The second kappa shape index (κ2) is 8.76. The maximum atomic E-state index is 12.7. The molecule has 0 unspecified atom stereocenters. The number of nitrogens with zero attached hydrogens (tertiary/aromatic N) is 1. The number of allylic oxidation sites excluding steroid dienone is 2. The van der Waals surface area contributed by atoms with Gasteiger partial charge in [0.1, 0.15) is 6.61 Å². The van der Waals surface area contributed by atoms with Gasteiger partial charge in [0.25, 0.3) is 0 Å². The van der Waals surface area contributed by atoms with Crippen LogP contribution in [-0.2, 0) is 19.7 Å². The number of methoxy groups -OCH3 is 2. The fourth-order valence-corrected chi connectivity index (χ4v) is 4.66. The molecule has 0 saturated carbocycles. The zero-order chi connectivity index (χ0) is 21.0. The van der Waals surface area contributed by atoms with Crippen molar-refractivity contribution in [1.29, 1.82) is 0 Å². The number of benzene rings is 1. The number of hydrogen-bond acceptors (Lipinski definition) is 6. The number of amides is 1. The lowest BCUT2D eigenvalue weighted by molar-refractivity contribution is -0.145. The molecular formula is C22H29NO6. The van der Waals surface area contributed by atoms with Gasteiger partial charge in [0.2, 0.25) is 0 Å². The number of rotatable bonds is 7. The molecule has 2 aliphatic rings. The SMILES string of the molecule is CCOC(=O)C[C@]1(c2cccc(OC)c2OC)C=CCC[C@H]1[C@@H]1COC(=O)N1C.